The molecule has 24 heavy (non-hydrogen) atoms. The minimum absolute atomic E-state index is 0.0618. The van der Waals surface area contributed by atoms with Crippen molar-refractivity contribution in [2.75, 3.05) is 17.3 Å². The Bertz CT molecular complexity index is 805. The molecule has 2 rings (SSSR count). The van der Waals surface area contributed by atoms with E-state index in [1.165, 1.54) is 0 Å². The molecule has 0 amide bonds. The summed E-state index contributed by atoms with van der Waals surface area (Å²) >= 11 is 0. The van der Waals surface area contributed by atoms with Gasteiger partial charge in [0.15, 0.2) is 9.84 Å². The molecule has 134 valence electrons. The fraction of sp³-hybridized carbons (Fsp3) is 0.765. The molecule has 0 radical (unpaired) electrons. The van der Waals surface area contributed by atoms with Crippen molar-refractivity contribution in [3.8, 4) is 24.2 Å². The first-order valence-electron chi connectivity index (χ1n) is 7.92. The first-order valence-corrected chi connectivity index (χ1v) is 11.3. The molecule has 0 spiro atoms. The maximum atomic E-state index is 12.0. The largest absolute Gasteiger partial charge is 0.269 e. The lowest BCUT2D eigenvalue weighted by molar-refractivity contribution is 0.0684. The molecule has 0 aromatic carbocycles. The number of rotatable bonds is 1. The van der Waals surface area contributed by atoms with Gasteiger partial charge in [-0.25, -0.2) is 8.42 Å². The molecular formula is C17H24O5S2. The average Bonchev–Trinajstić information content (AvgIpc) is 2.32. The third-order valence-corrected chi connectivity index (χ3v) is 7.88. The summed E-state index contributed by atoms with van der Waals surface area (Å²) in [5.74, 6) is 7.91. The molecule has 5 nitrogen and oxygen atoms in total. The second-order valence-corrected chi connectivity index (χ2v) is 11.7. The van der Waals surface area contributed by atoms with Gasteiger partial charge in [0.1, 0.15) is 0 Å². The van der Waals surface area contributed by atoms with Crippen LogP contribution in [0.3, 0.4) is 0 Å². The quantitative estimate of drug-likeness (QED) is 0.516. The molecule has 2 heterocycles. The Kier molecular flexibility index (Phi) is 5.12. The van der Waals surface area contributed by atoms with Crippen LogP contribution in [0.25, 0.3) is 0 Å². The summed E-state index contributed by atoms with van der Waals surface area (Å²) in [6.07, 6.45) is 6.72. The van der Waals surface area contributed by atoms with E-state index in [9.17, 15) is 16.8 Å². The van der Waals surface area contributed by atoms with Crippen LogP contribution in [0, 0.1) is 41.4 Å². The molecule has 2 aliphatic rings. The molecule has 3 unspecified atom stereocenters. The summed E-state index contributed by atoms with van der Waals surface area (Å²) in [5, 5.41) is 0. The van der Waals surface area contributed by atoms with Crippen molar-refractivity contribution >= 4 is 20.0 Å². The number of hydrogen-bond acceptors (Lipinski definition) is 5. The van der Waals surface area contributed by atoms with Gasteiger partial charge in [-0.15, -0.1) is 12.3 Å². The van der Waals surface area contributed by atoms with Crippen LogP contribution in [0.5, 0.6) is 0 Å². The van der Waals surface area contributed by atoms with Gasteiger partial charge in [0.05, 0.1) is 22.9 Å². The summed E-state index contributed by atoms with van der Waals surface area (Å²) in [6.45, 7) is 5.53. The van der Waals surface area contributed by atoms with E-state index >= 15 is 0 Å². The van der Waals surface area contributed by atoms with Gasteiger partial charge in [-0.2, -0.15) is 8.42 Å². The highest BCUT2D eigenvalue weighted by atomic mass is 32.2. The topological polar surface area (TPSA) is 77.5 Å². The molecule has 0 aromatic rings. The number of sulfone groups is 1. The second-order valence-electron chi connectivity index (χ2n) is 7.94. The third-order valence-electron chi connectivity index (χ3n) is 4.28. The van der Waals surface area contributed by atoms with Gasteiger partial charge >= 0.3 is 0 Å². The Morgan fingerprint density at radius 2 is 1.75 bits per heavy atom. The van der Waals surface area contributed by atoms with Crippen molar-refractivity contribution in [1.29, 1.82) is 0 Å². The Morgan fingerprint density at radius 3 is 2.33 bits per heavy atom. The van der Waals surface area contributed by atoms with Gasteiger partial charge in [-0.05, 0) is 25.2 Å². The van der Waals surface area contributed by atoms with Crippen molar-refractivity contribution in [2.24, 2.45) is 17.3 Å². The van der Waals surface area contributed by atoms with Gasteiger partial charge in [0.25, 0.3) is 10.1 Å². The smallest absolute Gasteiger partial charge is 0.263 e. The predicted molar refractivity (Wildman–Crippen MR) is 93.2 cm³/mol. The standard InChI is InChI=1S/C17H24O5S2/c1-5-14-10-17(4,22-24(20,21)12-14)8-6-7-15-9-16(2,3)13-23(18,19)11-15/h1,14-15H,8-13H2,2-4H3. The molecule has 2 aliphatic heterocycles. The summed E-state index contributed by atoms with van der Waals surface area (Å²) in [4.78, 5) is 0. The van der Waals surface area contributed by atoms with Crippen LogP contribution < -0.4 is 0 Å². The van der Waals surface area contributed by atoms with E-state index in [1.807, 2.05) is 13.8 Å². The SMILES string of the molecule is C#CC1CC(C)(CC#CC2CC(C)(C)CS(=O)(=O)C2)OS(=O)(=O)C1. The zero-order valence-corrected chi connectivity index (χ0v) is 16.0. The fourth-order valence-corrected chi connectivity index (χ4v) is 7.39. The molecular weight excluding hydrogens is 348 g/mol. The van der Waals surface area contributed by atoms with E-state index < -0.39 is 25.6 Å². The Morgan fingerprint density at radius 1 is 1.08 bits per heavy atom. The van der Waals surface area contributed by atoms with E-state index in [4.69, 9.17) is 10.6 Å². The van der Waals surface area contributed by atoms with Gasteiger partial charge in [-0.1, -0.05) is 25.7 Å². The van der Waals surface area contributed by atoms with Crippen LogP contribution in [0.1, 0.15) is 40.0 Å². The van der Waals surface area contributed by atoms with Crippen LogP contribution in [0.15, 0.2) is 0 Å². The highest BCUT2D eigenvalue weighted by Crippen LogP contribution is 2.35. The Labute approximate surface area is 145 Å². The van der Waals surface area contributed by atoms with Gasteiger partial charge < -0.3 is 0 Å². The molecule has 0 aliphatic carbocycles. The number of terminal acetylenes is 1. The van der Waals surface area contributed by atoms with Crippen LogP contribution in [-0.2, 0) is 24.1 Å². The van der Waals surface area contributed by atoms with E-state index in [0.717, 1.165) is 0 Å². The molecule has 0 N–H and O–H groups in total. The van der Waals surface area contributed by atoms with Crippen molar-refractivity contribution in [3.05, 3.63) is 0 Å². The van der Waals surface area contributed by atoms with Gasteiger partial charge in [0, 0.05) is 18.3 Å². The fourth-order valence-electron chi connectivity index (χ4n) is 3.63. The second kappa shape index (κ2) is 6.37. The highest BCUT2D eigenvalue weighted by molar-refractivity contribution is 7.91. The van der Waals surface area contributed by atoms with Crippen molar-refractivity contribution in [1.82, 2.24) is 0 Å². The third kappa shape index (κ3) is 5.24. The van der Waals surface area contributed by atoms with Crippen molar-refractivity contribution in [3.63, 3.8) is 0 Å². The minimum Gasteiger partial charge on any atom is -0.263 e. The molecule has 2 saturated heterocycles. The zero-order chi connectivity index (χ0) is 18.2. The molecule has 0 bridgehead atoms. The maximum Gasteiger partial charge on any atom is 0.269 e. The Balaban J connectivity index is 2.11. The summed E-state index contributed by atoms with van der Waals surface area (Å²) < 4.78 is 52.8. The van der Waals surface area contributed by atoms with E-state index in [-0.39, 0.29) is 40.9 Å². The van der Waals surface area contributed by atoms with Gasteiger partial charge in [0.2, 0.25) is 0 Å². The van der Waals surface area contributed by atoms with E-state index in [1.54, 1.807) is 6.92 Å². The predicted octanol–water partition coefficient (Wildman–Crippen LogP) is 1.60. The average molecular weight is 373 g/mol. The minimum atomic E-state index is -3.65. The first-order chi connectivity index (χ1) is 10.8. The summed E-state index contributed by atoms with van der Waals surface area (Å²) in [7, 11) is -6.75. The molecule has 2 fully saturated rings. The lowest BCUT2D eigenvalue weighted by atomic mass is 9.84. The maximum absolute atomic E-state index is 12.0. The highest BCUT2D eigenvalue weighted by Gasteiger charge is 2.40. The summed E-state index contributed by atoms with van der Waals surface area (Å²) in [6, 6.07) is 0. The van der Waals surface area contributed by atoms with Crippen molar-refractivity contribution < 1.29 is 21.0 Å². The van der Waals surface area contributed by atoms with Crippen molar-refractivity contribution in [2.45, 2.75) is 45.6 Å². The van der Waals surface area contributed by atoms with Crippen LogP contribution in [0.2, 0.25) is 0 Å². The van der Waals surface area contributed by atoms with Gasteiger partial charge in [-0.3, -0.25) is 4.18 Å². The molecule has 0 aromatic heterocycles. The first kappa shape index (κ1) is 19.3. The Hall–Kier alpha value is -1.02. The molecule has 3 atom stereocenters. The summed E-state index contributed by atoms with van der Waals surface area (Å²) in [5.41, 5.74) is -1.25. The zero-order valence-electron chi connectivity index (χ0n) is 14.3. The lowest BCUT2D eigenvalue weighted by Gasteiger charge is -2.34. The normalized spacial score (nSPS) is 36.8. The van der Waals surface area contributed by atoms with Crippen LogP contribution >= 0.6 is 0 Å². The lowest BCUT2D eigenvalue weighted by Crippen LogP contribution is -2.41. The monoisotopic (exact) mass is 372 g/mol. The molecule has 7 heteroatoms. The van der Waals surface area contributed by atoms with Crippen LogP contribution in [-0.4, -0.2) is 39.7 Å². The number of hydrogen-bond donors (Lipinski definition) is 0. The molecule has 0 saturated carbocycles. The van der Waals surface area contributed by atoms with Crippen LogP contribution in [0.4, 0.5) is 0 Å². The van der Waals surface area contributed by atoms with E-state index in [2.05, 4.69) is 17.8 Å². The van der Waals surface area contributed by atoms with E-state index in [0.29, 0.717) is 12.8 Å².